The summed E-state index contributed by atoms with van der Waals surface area (Å²) in [4.78, 5) is 12.1. The Balaban J connectivity index is 2.70. The van der Waals surface area contributed by atoms with Crippen molar-refractivity contribution >= 4 is 29.3 Å². The van der Waals surface area contributed by atoms with Crippen LogP contribution in [0.15, 0.2) is 23.1 Å². The number of amides is 1. The molecular weight excluding hydrogens is 268 g/mol. The van der Waals surface area contributed by atoms with Gasteiger partial charge in [0.2, 0.25) is 5.91 Å². The van der Waals surface area contributed by atoms with Gasteiger partial charge in [-0.05, 0) is 31.2 Å². The lowest BCUT2D eigenvalue weighted by Crippen LogP contribution is -2.19. The van der Waals surface area contributed by atoms with Gasteiger partial charge in [-0.1, -0.05) is 24.6 Å². The van der Waals surface area contributed by atoms with Gasteiger partial charge in [-0.3, -0.25) is 4.79 Å². The number of hydrogen-bond donors (Lipinski definition) is 2. The van der Waals surface area contributed by atoms with Crippen molar-refractivity contribution < 1.29 is 4.79 Å². The zero-order valence-electron chi connectivity index (χ0n) is 10.9. The molecule has 0 aliphatic heterocycles. The van der Waals surface area contributed by atoms with Gasteiger partial charge < -0.3 is 10.6 Å². The molecule has 0 bridgehead atoms. The van der Waals surface area contributed by atoms with Gasteiger partial charge in [0.1, 0.15) is 0 Å². The maximum atomic E-state index is 11.2. The van der Waals surface area contributed by atoms with Crippen LogP contribution in [0.3, 0.4) is 0 Å². The highest BCUT2D eigenvalue weighted by Gasteiger charge is 2.08. The van der Waals surface area contributed by atoms with Crippen LogP contribution in [0, 0.1) is 0 Å². The molecule has 0 aliphatic rings. The van der Waals surface area contributed by atoms with E-state index in [2.05, 4.69) is 24.5 Å². The average Bonchev–Trinajstić information content (AvgIpc) is 2.37. The summed E-state index contributed by atoms with van der Waals surface area (Å²) in [6.07, 6.45) is 0. The Morgan fingerprint density at radius 2 is 2.22 bits per heavy atom. The Hall–Kier alpha value is -0.710. The van der Waals surface area contributed by atoms with Gasteiger partial charge in [-0.15, -0.1) is 11.8 Å². The van der Waals surface area contributed by atoms with E-state index >= 15 is 0 Å². The van der Waals surface area contributed by atoms with Crippen molar-refractivity contribution in [2.45, 2.75) is 24.8 Å². The normalized spacial score (nSPS) is 12.2. The number of thioether (sulfide) groups is 1. The number of carbonyl (C=O) groups excluding carboxylic acids is 1. The summed E-state index contributed by atoms with van der Waals surface area (Å²) < 4.78 is 0. The van der Waals surface area contributed by atoms with Crippen LogP contribution in [-0.2, 0) is 4.79 Å². The molecule has 0 aliphatic carbocycles. The third kappa shape index (κ3) is 4.52. The lowest BCUT2D eigenvalue weighted by atomic mass is 10.1. The minimum atomic E-state index is 0.00107. The predicted octanol–water partition coefficient (Wildman–Crippen LogP) is 2.85. The second-order valence-electron chi connectivity index (χ2n) is 3.93. The van der Waals surface area contributed by atoms with Crippen LogP contribution >= 0.6 is 23.4 Å². The molecule has 1 atom stereocenters. The van der Waals surface area contributed by atoms with Crippen LogP contribution in [0.25, 0.3) is 0 Å². The highest BCUT2D eigenvalue weighted by molar-refractivity contribution is 8.00. The number of hydrogen-bond acceptors (Lipinski definition) is 3. The fraction of sp³-hybridized carbons (Fsp3) is 0.462. The molecule has 0 saturated heterocycles. The number of benzene rings is 1. The minimum Gasteiger partial charge on any atom is -0.358 e. The second kappa shape index (κ2) is 7.67. The molecule has 5 heteroatoms. The number of rotatable bonds is 6. The van der Waals surface area contributed by atoms with E-state index in [1.54, 1.807) is 7.05 Å². The van der Waals surface area contributed by atoms with E-state index in [0.29, 0.717) is 10.8 Å². The quantitative estimate of drug-likeness (QED) is 0.790. The highest BCUT2D eigenvalue weighted by atomic mass is 35.5. The molecule has 1 aromatic carbocycles. The maximum absolute atomic E-state index is 11.2. The van der Waals surface area contributed by atoms with E-state index in [0.717, 1.165) is 17.0 Å². The van der Waals surface area contributed by atoms with Crippen LogP contribution in [0.2, 0.25) is 5.02 Å². The topological polar surface area (TPSA) is 41.1 Å². The summed E-state index contributed by atoms with van der Waals surface area (Å²) in [5, 5.41) is 6.63. The van der Waals surface area contributed by atoms with Crippen molar-refractivity contribution in [3.05, 3.63) is 28.8 Å². The van der Waals surface area contributed by atoms with Crippen molar-refractivity contribution in [3.8, 4) is 0 Å². The third-order valence-corrected chi connectivity index (χ3v) is 4.10. The summed E-state index contributed by atoms with van der Waals surface area (Å²) in [5.74, 6) is 0.388. The Morgan fingerprint density at radius 1 is 1.50 bits per heavy atom. The summed E-state index contributed by atoms with van der Waals surface area (Å²) in [7, 11) is 1.63. The molecule has 1 rings (SSSR count). The summed E-state index contributed by atoms with van der Waals surface area (Å²) in [5.41, 5.74) is 1.16. The Morgan fingerprint density at radius 3 is 2.78 bits per heavy atom. The van der Waals surface area contributed by atoms with Gasteiger partial charge in [-0.2, -0.15) is 0 Å². The van der Waals surface area contributed by atoms with Gasteiger partial charge in [-0.25, -0.2) is 0 Å². The fourth-order valence-corrected chi connectivity index (χ4v) is 2.69. The zero-order valence-corrected chi connectivity index (χ0v) is 12.5. The van der Waals surface area contributed by atoms with E-state index in [-0.39, 0.29) is 11.9 Å². The number of nitrogens with one attached hydrogen (secondary N) is 2. The van der Waals surface area contributed by atoms with E-state index in [4.69, 9.17) is 11.6 Å². The molecule has 0 heterocycles. The Bertz CT molecular complexity index is 412. The lowest BCUT2D eigenvalue weighted by Gasteiger charge is -2.14. The molecule has 1 aromatic rings. The van der Waals surface area contributed by atoms with Crippen molar-refractivity contribution in [1.82, 2.24) is 10.6 Å². The summed E-state index contributed by atoms with van der Waals surface area (Å²) >= 11 is 7.67. The highest BCUT2D eigenvalue weighted by Crippen LogP contribution is 2.29. The molecule has 0 fully saturated rings. The number of carbonyl (C=O) groups is 1. The monoisotopic (exact) mass is 286 g/mol. The van der Waals surface area contributed by atoms with Crippen LogP contribution in [-0.4, -0.2) is 25.3 Å². The first kappa shape index (κ1) is 15.3. The van der Waals surface area contributed by atoms with Crippen molar-refractivity contribution in [3.63, 3.8) is 0 Å². The first-order chi connectivity index (χ1) is 8.58. The molecule has 1 unspecified atom stereocenters. The zero-order chi connectivity index (χ0) is 13.5. The van der Waals surface area contributed by atoms with Crippen LogP contribution in [0.4, 0.5) is 0 Å². The van der Waals surface area contributed by atoms with Gasteiger partial charge in [0.15, 0.2) is 0 Å². The third-order valence-electron chi connectivity index (χ3n) is 2.60. The van der Waals surface area contributed by atoms with Gasteiger partial charge >= 0.3 is 0 Å². The standard InChI is InChI=1S/C13H19ClN2OS/c1-4-16-9(2)10-5-6-12(11(14)7-10)18-8-13(17)15-3/h5-7,9,16H,4,8H2,1-3H3,(H,15,17). The predicted molar refractivity (Wildman–Crippen MR) is 78.3 cm³/mol. The van der Waals surface area contributed by atoms with Gasteiger partial charge in [0.25, 0.3) is 0 Å². The van der Waals surface area contributed by atoms with E-state index in [9.17, 15) is 4.79 Å². The molecule has 18 heavy (non-hydrogen) atoms. The lowest BCUT2D eigenvalue weighted by molar-refractivity contribution is -0.118. The Kier molecular flexibility index (Phi) is 6.54. The second-order valence-corrected chi connectivity index (χ2v) is 5.36. The minimum absolute atomic E-state index is 0.00107. The Labute approximate surface area is 118 Å². The number of halogens is 1. The molecule has 0 spiro atoms. The average molecular weight is 287 g/mol. The van der Waals surface area contributed by atoms with E-state index < -0.39 is 0 Å². The van der Waals surface area contributed by atoms with Crippen LogP contribution in [0.5, 0.6) is 0 Å². The van der Waals surface area contributed by atoms with E-state index in [1.807, 2.05) is 18.2 Å². The first-order valence-corrected chi connectivity index (χ1v) is 7.31. The SMILES string of the molecule is CCNC(C)c1ccc(SCC(=O)NC)c(Cl)c1. The molecular formula is C13H19ClN2OS. The first-order valence-electron chi connectivity index (χ1n) is 5.94. The summed E-state index contributed by atoms with van der Waals surface area (Å²) in [6, 6.07) is 6.26. The summed E-state index contributed by atoms with van der Waals surface area (Å²) in [6.45, 7) is 5.10. The largest absolute Gasteiger partial charge is 0.358 e. The molecule has 1 amide bonds. The van der Waals surface area contributed by atoms with Crippen LogP contribution < -0.4 is 10.6 Å². The molecule has 2 N–H and O–H groups in total. The van der Waals surface area contributed by atoms with Crippen molar-refractivity contribution in [2.75, 3.05) is 19.3 Å². The van der Waals surface area contributed by atoms with Crippen molar-refractivity contribution in [1.29, 1.82) is 0 Å². The van der Waals surface area contributed by atoms with Gasteiger partial charge in [0, 0.05) is 18.0 Å². The molecule has 0 aromatic heterocycles. The smallest absolute Gasteiger partial charge is 0.230 e. The van der Waals surface area contributed by atoms with Gasteiger partial charge in [0.05, 0.1) is 10.8 Å². The molecule has 100 valence electrons. The van der Waals surface area contributed by atoms with Crippen molar-refractivity contribution in [2.24, 2.45) is 0 Å². The van der Waals surface area contributed by atoms with Crippen LogP contribution in [0.1, 0.15) is 25.5 Å². The maximum Gasteiger partial charge on any atom is 0.230 e. The molecule has 3 nitrogen and oxygen atoms in total. The fourth-order valence-electron chi connectivity index (χ4n) is 1.54. The molecule has 0 radical (unpaired) electrons. The van der Waals surface area contributed by atoms with E-state index in [1.165, 1.54) is 11.8 Å². The molecule has 0 saturated carbocycles.